The molecule has 2 aliphatic rings. The van der Waals surface area contributed by atoms with Crippen LogP contribution in [0.3, 0.4) is 0 Å². The topological polar surface area (TPSA) is 71.9 Å². The van der Waals surface area contributed by atoms with Gasteiger partial charge in [0.25, 0.3) is 5.19 Å². The average molecular weight is 577 g/mol. The zero-order valence-corrected chi connectivity index (χ0v) is 25.7. The van der Waals surface area contributed by atoms with E-state index in [1.165, 1.54) is 22.5 Å². The highest BCUT2D eigenvalue weighted by molar-refractivity contribution is 7.16. The lowest BCUT2D eigenvalue weighted by Crippen LogP contribution is -2.41. The fourth-order valence-corrected chi connectivity index (χ4v) is 7.32. The highest BCUT2D eigenvalue weighted by Gasteiger charge is 2.32. The number of anilines is 1. The van der Waals surface area contributed by atoms with Gasteiger partial charge < -0.3 is 19.5 Å². The summed E-state index contributed by atoms with van der Waals surface area (Å²) < 4.78 is 11.3. The summed E-state index contributed by atoms with van der Waals surface area (Å²) in [5, 5.41) is 10.7. The molecular weight excluding hydrogens is 532 g/mol. The number of aliphatic hydroxyl groups is 1. The predicted octanol–water partition coefficient (Wildman–Crippen LogP) is 7.77. The minimum atomic E-state index is -0.277. The summed E-state index contributed by atoms with van der Waals surface area (Å²) in [7, 11) is 1.72. The quantitative estimate of drug-likeness (QED) is 0.282. The van der Waals surface area contributed by atoms with E-state index in [4.69, 9.17) is 9.47 Å². The van der Waals surface area contributed by atoms with Gasteiger partial charge in [-0.15, -0.1) is 0 Å². The number of aromatic nitrogens is 1. The normalized spacial score (nSPS) is 22.9. The molecule has 1 N–H and O–H groups in total. The fraction of sp³-hybridized carbons (Fsp3) is 0.529. The Morgan fingerprint density at radius 3 is 2.49 bits per heavy atom. The van der Waals surface area contributed by atoms with Crippen LogP contribution in [-0.4, -0.2) is 41.9 Å². The number of ether oxygens (including phenoxy) is 2. The zero-order valence-electron chi connectivity index (χ0n) is 24.8. The summed E-state index contributed by atoms with van der Waals surface area (Å²) >= 11 is 1.54. The minimum Gasteiger partial charge on any atom is -0.496 e. The molecule has 220 valence electrons. The van der Waals surface area contributed by atoms with Gasteiger partial charge in [-0.1, -0.05) is 35.6 Å². The predicted molar refractivity (Wildman–Crippen MR) is 166 cm³/mol. The van der Waals surface area contributed by atoms with Crippen LogP contribution >= 0.6 is 11.3 Å². The third kappa shape index (κ3) is 7.31. The van der Waals surface area contributed by atoms with Crippen molar-refractivity contribution in [1.29, 1.82) is 0 Å². The maximum absolute atomic E-state index is 14.0. The highest BCUT2D eigenvalue weighted by atomic mass is 32.1. The molecule has 0 atom stereocenters. The third-order valence-corrected chi connectivity index (χ3v) is 9.69. The van der Waals surface area contributed by atoms with Crippen LogP contribution in [0.4, 0.5) is 5.69 Å². The number of aryl methyl sites for hydroxylation is 1. The van der Waals surface area contributed by atoms with E-state index in [2.05, 4.69) is 53.2 Å². The van der Waals surface area contributed by atoms with E-state index in [9.17, 15) is 9.90 Å². The second-order valence-corrected chi connectivity index (χ2v) is 13.1. The number of amides is 1. The number of methoxy groups -OCH3 is 1. The van der Waals surface area contributed by atoms with Gasteiger partial charge >= 0.3 is 0 Å². The Morgan fingerprint density at radius 1 is 1.05 bits per heavy atom. The first-order valence-corrected chi connectivity index (χ1v) is 16.0. The van der Waals surface area contributed by atoms with Gasteiger partial charge in [-0.05, 0) is 119 Å². The van der Waals surface area contributed by atoms with Crippen LogP contribution < -0.4 is 14.4 Å². The Labute approximate surface area is 248 Å². The molecule has 41 heavy (non-hydrogen) atoms. The van der Waals surface area contributed by atoms with Crippen LogP contribution in [0.1, 0.15) is 82.3 Å². The molecule has 5 rings (SSSR count). The number of aliphatic hydroxyl groups excluding tert-OH is 1. The number of hydrogen-bond acceptors (Lipinski definition) is 6. The first-order valence-electron chi connectivity index (χ1n) is 15.2. The standard InChI is InChI=1S/C34H44N2O4S/c1-22(2)40-34-35-20-32(41-34)28-6-5-7-29(19-28)36(33(38)26-12-15-30(37)16-13-26)21-24-8-10-25(11-9-24)27-14-17-31(39-4)23(3)18-27/h5-7,14,17-20,22,24-26,30,37H,8-13,15-16,21H2,1-4H3/t24-,25-,26-,30-. The van der Waals surface area contributed by atoms with Crippen molar-refractivity contribution in [2.45, 2.75) is 90.3 Å². The van der Waals surface area contributed by atoms with Crippen molar-refractivity contribution >= 4 is 22.9 Å². The lowest BCUT2D eigenvalue weighted by Gasteiger charge is -2.36. The van der Waals surface area contributed by atoms with Gasteiger partial charge in [-0.3, -0.25) is 4.79 Å². The molecule has 0 unspecified atom stereocenters. The molecule has 6 nitrogen and oxygen atoms in total. The first-order chi connectivity index (χ1) is 19.8. The first kappa shape index (κ1) is 29.6. The molecule has 2 fully saturated rings. The molecule has 1 heterocycles. The Morgan fingerprint density at radius 2 is 1.80 bits per heavy atom. The number of rotatable bonds is 9. The number of carbonyl (C=O) groups is 1. The van der Waals surface area contributed by atoms with Gasteiger partial charge in [-0.2, -0.15) is 0 Å². The average Bonchev–Trinajstić information content (AvgIpc) is 3.44. The van der Waals surface area contributed by atoms with E-state index in [-0.39, 0.29) is 24.0 Å². The number of thiazole rings is 1. The molecule has 7 heteroatoms. The van der Waals surface area contributed by atoms with E-state index in [0.29, 0.717) is 29.9 Å². The highest BCUT2D eigenvalue weighted by Crippen LogP contribution is 2.39. The Bertz CT molecular complexity index is 1310. The van der Waals surface area contributed by atoms with E-state index < -0.39 is 0 Å². The SMILES string of the molecule is COc1ccc([C@H]2CC[C@H](CN(c3cccc(-c4cnc(OC(C)C)s4)c3)C(=O)[C@H]3CC[C@H](O)CC3)CC2)cc1C. The molecule has 2 saturated carbocycles. The van der Waals surface area contributed by atoms with Crippen LogP contribution in [0.2, 0.25) is 0 Å². The van der Waals surface area contributed by atoms with E-state index in [1.54, 1.807) is 7.11 Å². The molecular formula is C34H44N2O4S. The molecule has 3 aromatic rings. The number of hydrogen-bond donors (Lipinski definition) is 1. The second kappa shape index (κ2) is 13.4. The molecule has 0 spiro atoms. The van der Waals surface area contributed by atoms with Crippen LogP contribution in [-0.2, 0) is 4.79 Å². The lowest BCUT2D eigenvalue weighted by molar-refractivity contribution is -0.124. The summed E-state index contributed by atoms with van der Waals surface area (Å²) in [4.78, 5) is 21.6. The van der Waals surface area contributed by atoms with E-state index in [1.807, 2.05) is 26.1 Å². The van der Waals surface area contributed by atoms with Crippen molar-refractivity contribution in [3.05, 3.63) is 59.8 Å². The van der Waals surface area contributed by atoms with Gasteiger partial charge in [0.15, 0.2) is 0 Å². The summed E-state index contributed by atoms with van der Waals surface area (Å²) in [5.74, 6) is 2.12. The smallest absolute Gasteiger partial charge is 0.273 e. The lowest BCUT2D eigenvalue weighted by atomic mass is 9.78. The van der Waals surface area contributed by atoms with Gasteiger partial charge in [0.2, 0.25) is 5.91 Å². The van der Waals surface area contributed by atoms with E-state index >= 15 is 0 Å². The molecule has 0 aliphatic heterocycles. The van der Waals surface area contributed by atoms with Crippen molar-refractivity contribution in [3.8, 4) is 21.4 Å². The van der Waals surface area contributed by atoms with Crippen LogP contribution in [0.15, 0.2) is 48.7 Å². The van der Waals surface area contributed by atoms with Crippen molar-refractivity contribution < 1.29 is 19.4 Å². The fourth-order valence-electron chi connectivity index (χ4n) is 6.43. The Hall–Kier alpha value is -2.90. The molecule has 0 radical (unpaired) electrons. The van der Waals surface area contributed by atoms with Crippen molar-refractivity contribution in [1.82, 2.24) is 4.98 Å². The van der Waals surface area contributed by atoms with Crippen LogP contribution in [0.25, 0.3) is 10.4 Å². The van der Waals surface area contributed by atoms with E-state index in [0.717, 1.165) is 66.9 Å². The maximum Gasteiger partial charge on any atom is 0.273 e. The summed E-state index contributed by atoms with van der Waals surface area (Å²) in [6.07, 6.45) is 9.05. The van der Waals surface area contributed by atoms with Gasteiger partial charge in [0.1, 0.15) is 5.75 Å². The summed E-state index contributed by atoms with van der Waals surface area (Å²) in [5.41, 5.74) is 4.58. The van der Waals surface area contributed by atoms with Crippen molar-refractivity contribution in [2.75, 3.05) is 18.6 Å². The Balaban J connectivity index is 1.33. The summed E-state index contributed by atoms with van der Waals surface area (Å²) in [6.45, 7) is 6.85. The third-order valence-electron chi connectivity index (χ3n) is 8.75. The number of carbonyl (C=O) groups excluding carboxylic acids is 1. The zero-order chi connectivity index (χ0) is 28.9. The minimum absolute atomic E-state index is 0.0323. The molecule has 1 amide bonds. The number of benzene rings is 2. The summed E-state index contributed by atoms with van der Waals surface area (Å²) in [6, 6.07) is 14.9. The van der Waals surface area contributed by atoms with Crippen molar-refractivity contribution in [3.63, 3.8) is 0 Å². The van der Waals surface area contributed by atoms with Crippen LogP contribution in [0, 0.1) is 18.8 Å². The number of nitrogens with zero attached hydrogens (tertiary/aromatic N) is 2. The molecule has 2 aromatic carbocycles. The van der Waals surface area contributed by atoms with Gasteiger partial charge in [0.05, 0.1) is 24.2 Å². The molecule has 0 bridgehead atoms. The molecule has 0 saturated heterocycles. The maximum atomic E-state index is 14.0. The van der Waals surface area contributed by atoms with Gasteiger partial charge in [-0.25, -0.2) is 4.98 Å². The van der Waals surface area contributed by atoms with Crippen LogP contribution in [0.5, 0.6) is 10.9 Å². The largest absolute Gasteiger partial charge is 0.496 e. The monoisotopic (exact) mass is 576 g/mol. The van der Waals surface area contributed by atoms with Crippen molar-refractivity contribution in [2.24, 2.45) is 11.8 Å². The second-order valence-electron chi connectivity index (χ2n) is 12.1. The van der Waals surface area contributed by atoms with Gasteiger partial charge in [0, 0.05) is 24.3 Å². The Kier molecular flexibility index (Phi) is 9.66. The molecule has 2 aliphatic carbocycles. The molecule has 1 aromatic heterocycles.